The smallest absolute Gasteiger partial charge is 0.307 e. The predicted octanol–water partition coefficient (Wildman–Crippen LogP) is 4.38. The number of hydrogen-bond acceptors (Lipinski definition) is 14. The van der Waals surface area contributed by atoms with Crippen LogP contribution in [0.5, 0.6) is 0 Å². The highest BCUT2D eigenvalue weighted by atomic mass is 32.2. The summed E-state index contributed by atoms with van der Waals surface area (Å²) in [7, 11) is 2.49. The van der Waals surface area contributed by atoms with Crippen molar-refractivity contribution in [2.24, 2.45) is 10.2 Å². The molecule has 0 saturated heterocycles. The van der Waals surface area contributed by atoms with E-state index in [4.69, 9.17) is 5.26 Å². The zero-order chi connectivity index (χ0) is 29.8. The van der Waals surface area contributed by atoms with Crippen molar-refractivity contribution < 1.29 is 33.7 Å². The standard InChI is InChI=1S/C23H23N7O9S/c1-14(31)25-17-10-15(28(8-6-22(32)38-2)9-7-23(33)39-3)4-5-16(17)26-27-18-11-21(40-13-24)20(30(36)37)12-19(18)29(34)35/h4-5,10-12H,6-9H2,1-3H3,(H,25,31)/b27-26+. The summed E-state index contributed by atoms with van der Waals surface area (Å²) in [6.07, 6.45) is 0.00289. The molecule has 0 atom stereocenters. The van der Waals surface area contributed by atoms with E-state index in [0.717, 1.165) is 6.07 Å². The van der Waals surface area contributed by atoms with Crippen LogP contribution in [0.1, 0.15) is 19.8 Å². The fraction of sp³-hybridized carbons (Fsp3) is 0.304. The highest BCUT2D eigenvalue weighted by molar-refractivity contribution is 8.03. The highest BCUT2D eigenvalue weighted by Gasteiger charge is 2.25. The Balaban J connectivity index is 2.55. The summed E-state index contributed by atoms with van der Waals surface area (Å²) in [6, 6.07) is 6.20. The van der Waals surface area contributed by atoms with Crippen molar-refractivity contribution in [3.8, 4) is 5.40 Å². The van der Waals surface area contributed by atoms with Crippen molar-refractivity contribution in [1.82, 2.24) is 0 Å². The third-order valence-electron chi connectivity index (χ3n) is 5.15. The second kappa shape index (κ2) is 14.7. The van der Waals surface area contributed by atoms with E-state index in [2.05, 4.69) is 25.0 Å². The molecule has 17 heteroatoms. The van der Waals surface area contributed by atoms with Gasteiger partial charge in [-0.25, -0.2) is 0 Å². The van der Waals surface area contributed by atoms with Gasteiger partial charge in [-0.15, -0.1) is 10.2 Å². The zero-order valence-corrected chi connectivity index (χ0v) is 22.3. The molecule has 0 aliphatic heterocycles. The summed E-state index contributed by atoms with van der Waals surface area (Å²) in [5.41, 5.74) is -1.01. The number of amides is 1. The molecule has 0 saturated carbocycles. The Kier molecular flexibility index (Phi) is 11.5. The number of azo groups is 1. The number of nitrogens with zero attached hydrogens (tertiary/aromatic N) is 6. The second-order valence-electron chi connectivity index (χ2n) is 7.74. The molecule has 0 spiro atoms. The van der Waals surface area contributed by atoms with Gasteiger partial charge >= 0.3 is 17.6 Å². The van der Waals surface area contributed by atoms with Crippen molar-refractivity contribution in [2.45, 2.75) is 24.7 Å². The number of rotatable bonds is 13. The molecule has 0 aliphatic rings. The highest BCUT2D eigenvalue weighted by Crippen LogP contribution is 2.40. The van der Waals surface area contributed by atoms with Crippen molar-refractivity contribution in [3.63, 3.8) is 0 Å². The van der Waals surface area contributed by atoms with Gasteiger partial charge < -0.3 is 19.7 Å². The van der Waals surface area contributed by atoms with Gasteiger partial charge in [-0.1, -0.05) is 0 Å². The number of nitro benzene ring substituents is 2. The summed E-state index contributed by atoms with van der Waals surface area (Å²) in [5, 5.41) is 44.0. The molecular weight excluding hydrogens is 550 g/mol. The van der Waals surface area contributed by atoms with Crippen LogP contribution < -0.4 is 10.2 Å². The van der Waals surface area contributed by atoms with Crippen LogP contribution >= 0.6 is 11.8 Å². The van der Waals surface area contributed by atoms with E-state index in [1.165, 1.54) is 33.3 Å². The van der Waals surface area contributed by atoms with E-state index in [1.807, 2.05) is 0 Å². The van der Waals surface area contributed by atoms with Gasteiger partial charge in [0.2, 0.25) is 5.91 Å². The summed E-state index contributed by atoms with van der Waals surface area (Å²) in [6.45, 7) is 1.57. The lowest BCUT2D eigenvalue weighted by molar-refractivity contribution is -0.395. The normalized spacial score (nSPS) is 10.4. The number of nitro groups is 2. The maximum Gasteiger partial charge on any atom is 0.307 e. The third-order valence-corrected chi connectivity index (χ3v) is 5.79. The van der Waals surface area contributed by atoms with Gasteiger partial charge in [-0.3, -0.25) is 34.6 Å². The van der Waals surface area contributed by atoms with Crippen molar-refractivity contribution in [3.05, 3.63) is 50.6 Å². The molecule has 0 radical (unpaired) electrons. The van der Waals surface area contributed by atoms with Gasteiger partial charge in [-0.05, 0) is 36.0 Å². The average molecular weight is 574 g/mol. The van der Waals surface area contributed by atoms with E-state index in [9.17, 15) is 34.6 Å². The van der Waals surface area contributed by atoms with Crippen molar-refractivity contribution in [1.29, 1.82) is 5.26 Å². The van der Waals surface area contributed by atoms with Crippen LogP contribution in [-0.2, 0) is 23.9 Å². The molecule has 2 aromatic rings. The largest absolute Gasteiger partial charge is 0.469 e. The molecular formula is C23H23N7O9S. The number of esters is 2. The van der Waals surface area contributed by atoms with Crippen LogP contribution in [-0.4, -0.2) is 55.0 Å². The van der Waals surface area contributed by atoms with Crippen molar-refractivity contribution in [2.75, 3.05) is 37.5 Å². The zero-order valence-electron chi connectivity index (χ0n) is 21.5. The number of carbonyl (C=O) groups is 3. The molecule has 0 bridgehead atoms. The van der Waals surface area contributed by atoms with Gasteiger partial charge in [0.05, 0.1) is 48.7 Å². The Hall–Kier alpha value is -5.11. The summed E-state index contributed by atoms with van der Waals surface area (Å²) in [5.74, 6) is -1.43. The number of anilines is 2. The number of benzene rings is 2. The van der Waals surface area contributed by atoms with E-state index in [0.29, 0.717) is 23.5 Å². The van der Waals surface area contributed by atoms with Crippen molar-refractivity contribution >= 4 is 63.7 Å². The number of thioether (sulfide) groups is 1. The van der Waals surface area contributed by atoms with Crippen LogP contribution in [0, 0.1) is 30.9 Å². The van der Waals surface area contributed by atoms with Gasteiger partial charge in [-0.2, -0.15) is 5.26 Å². The molecule has 2 rings (SSSR count). The van der Waals surface area contributed by atoms with Gasteiger partial charge in [0.25, 0.3) is 5.69 Å². The number of carbonyl (C=O) groups excluding carboxylic acids is 3. The maximum absolute atomic E-state index is 11.9. The lowest BCUT2D eigenvalue weighted by atomic mass is 10.2. The Morgan fingerprint density at radius 2 is 1.55 bits per heavy atom. The Morgan fingerprint density at radius 1 is 0.975 bits per heavy atom. The first-order chi connectivity index (χ1) is 19.0. The first-order valence-corrected chi connectivity index (χ1v) is 12.1. The molecule has 0 heterocycles. The summed E-state index contributed by atoms with van der Waals surface area (Å²) in [4.78, 5) is 57.9. The second-order valence-corrected chi connectivity index (χ2v) is 8.56. The lowest BCUT2D eigenvalue weighted by Crippen LogP contribution is -2.29. The SMILES string of the molecule is COC(=O)CCN(CCC(=O)OC)c1ccc(/N=N/c2cc(SC#N)c([N+](=O)[O-])cc2[N+](=O)[O-])c(NC(C)=O)c1. The monoisotopic (exact) mass is 573 g/mol. The number of hydrogen-bond donors (Lipinski definition) is 1. The average Bonchev–Trinajstić information content (AvgIpc) is 2.91. The van der Waals surface area contributed by atoms with E-state index in [1.54, 1.807) is 16.4 Å². The molecule has 40 heavy (non-hydrogen) atoms. The van der Waals surface area contributed by atoms with Crippen LogP contribution in [0.25, 0.3) is 0 Å². The minimum Gasteiger partial charge on any atom is -0.469 e. The molecule has 0 fully saturated rings. The number of nitrogens with one attached hydrogen (secondary N) is 1. The topological polar surface area (TPSA) is 220 Å². The van der Waals surface area contributed by atoms with Crippen LogP contribution in [0.2, 0.25) is 0 Å². The van der Waals surface area contributed by atoms with Gasteiger partial charge in [0.1, 0.15) is 16.0 Å². The van der Waals surface area contributed by atoms with Crippen LogP contribution in [0.15, 0.2) is 45.5 Å². The molecule has 0 aliphatic carbocycles. The van der Waals surface area contributed by atoms with E-state index in [-0.39, 0.29) is 47.9 Å². The first-order valence-electron chi connectivity index (χ1n) is 11.2. The summed E-state index contributed by atoms with van der Waals surface area (Å²) < 4.78 is 9.35. The molecule has 2 aromatic carbocycles. The van der Waals surface area contributed by atoms with Crippen LogP contribution in [0.3, 0.4) is 0 Å². The fourth-order valence-electron chi connectivity index (χ4n) is 3.28. The third kappa shape index (κ3) is 8.73. The van der Waals surface area contributed by atoms with Crippen LogP contribution in [0.4, 0.5) is 34.1 Å². The summed E-state index contributed by atoms with van der Waals surface area (Å²) >= 11 is 0.431. The lowest BCUT2D eigenvalue weighted by Gasteiger charge is -2.25. The molecule has 210 valence electrons. The Bertz CT molecular complexity index is 1370. The first kappa shape index (κ1) is 31.1. The molecule has 1 amide bonds. The molecule has 1 N–H and O–H groups in total. The maximum atomic E-state index is 11.9. The fourth-order valence-corrected chi connectivity index (χ4v) is 3.79. The predicted molar refractivity (Wildman–Crippen MR) is 142 cm³/mol. The van der Waals surface area contributed by atoms with Gasteiger partial charge in [0, 0.05) is 25.7 Å². The Morgan fingerprint density at radius 3 is 2.05 bits per heavy atom. The quantitative estimate of drug-likeness (QED) is 0.0880. The number of nitriles is 1. The minimum atomic E-state index is -0.875. The minimum absolute atomic E-state index is 0.00144. The molecule has 16 nitrogen and oxygen atoms in total. The van der Waals surface area contributed by atoms with E-state index < -0.39 is 39.1 Å². The molecule has 0 aromatic heterocycles. The number of thiocyanates is 1. The number of ether oxygens (including phenoxy) is 2. The van der Waals surface area contributed by atoms with Gasteiger partial charge in [0.15, 0.2) is 5.69 Å². The van der Waals surface area contributed by atoms with E-state index >= 15 is 0 Å². The number of methoxy groups -OCH3 is 2. The molecule has 0 unspecified atom stereocenters. The Labute approximate surface area is 231 Å².